The Morgan fingerprint density at radius 2 is 2.00 bits per heavy atom. The van der Waals surface area contributed by atoms with Crippen molar-refractivity contribution >= 4 is 75.2 Å². The maximum atomic E-state index is 13.5. The first-order valence-corrected chi connectivity index (χ1v) is 17.8. The molecule has 20 heteroatoms. The van der Waals surface area contributed by atoms with Crippen LogP contribution < -0.4 is 11.1 Å². The van der Waals surface area contributed by atoms with Crippen LogP contribution in [0.1, 0.15) is 35.8 Å². The van der Waals surface area contributed by atoms with Gasteiger partial charge in [0.05, 0.1) is 36.8 Å². The number of nitrogen functional groups attached to an aromatic ring is 1. The summed E-state index contributed by atoms with van der Waals surface area (Å²) in [6.45, 7) is 3.59. The number of thioether (sulfide) groups is 1. The number of carbonyl (C=O) groups excluding carboxylic acids is 3. The molecular formula is C30H33ClN7O10S2+. The summed E-state index contributed by atoms with van der Waals surface area (Å²) in [6, 6.07) is 1.45. The van der Waals surface area contributed by atoms with Crippen molar-refractivity contribution in [3.8, 4) is 11.5 Å². The van der Waals surface area contributed by atoms with E-state index in [1.807, 2.05) is 0 Å². The number of fused-ring (bicyclic) bond motifs is 2. The average Bonchev–Trinajstić information content (AvgIpc) is 3.70. The fraction of sp³-hybridized carbons (Fsp3) is 0.433. The molecule has 1 unspecified atom stereocenters. The molecule has 0 spiro atoms. The summed E-state index contributed by atoms with van der Waals surface area (Å²) in [5, 5.41) is 46.1. The van der Waals surface area contributed by atoms with E-state index in [1.165, 1.54) is 41.1 Å². The number of aromatic nitrogens is 1. The zero-order valence-corrected chi connectivity index (χ0v) is 28.8. The van der Waals surface area contributed by atoms with Crippen molar-refractivity contribution in [2.45, 2.75) is 43.3 Å². The number of aliphatic carboxylic acids is 2. The number of halogens is 1. The molecule has 1 aromatic heterocycles. The minimum Gasteiger partial charge on any atom is -0.504 e. The van der Waals surface area contributed by atoms with Gasteiger partial charge in [-0.3, -0.25) is 19.3 Å². The number of carbonyl (C=O) groups is 5. The van der Waals surface area contributed by atoms with Gasteiger partial charge in [0, 0.05) is 29.5 Å². The lowest BCUT2D eigenvalue weighted by Gasteiger charge is -2.51. The Hall–Kier alpha value is -4.59. The van der Waals surface area contributed by atoms with Crippen LogP contribution in [0, 0.1) is 0 Å². The lowest BCUT2D eigenvalue weighted by molar-refractivity contribution is -0.938. The molecule has 1 aromatic carbocycles. The fourth-order valence-electron chi connectivity index (χ4n) is 6.86. The number of amides is 3. The number of carboxylic acid groups (broad SMARTS) is 2. The van der Waals surface area contributed by atoms with Gasteiger partial charge in [-0.05, 0) is 19.1 Å². The van der Waals surface area contributed by atoms with Crippen molar-refractivity contribution in [2.75, 3.05) is 44.2 Å². The summed E-state index contributed by atoms with van der Waals surface area (Å²) < 4.78 is 0.545. The first-order valence-electron chi connectivity index (χ1n) is 15.5. The van der Waals surface area contributed by atoms with Gasteiger partial charge in [0.25, 0.3) is 17.7 Å². The molecule has 5 heterocycles. The topological polar surface area (TPSA) is 245 Å². The molecule has 3 amide bonds. The lowest BCUT2D eigenvalue weighted by Crippen LogP contribution is -2.71. The Bertz CT molecular complexity index is 1850. The molecule has 3 saturated heterocycles. The van der Waals surface area contributed by atoms with Gasteiger partial charge in [-0.2, -0.15) is 0 Å². The van der Waals surface area contributed by atoms with Crippen LogP contribution in [0.25, 0.3) is 0 Å². The van der Waals surface area contributed by atoms with Gasteiger partial charge >= 0.3 is 11.9 Å². The predicted molar refractivity (Wildman–Crippen MR) is 179 cm³/mol. The number of β-lactam (4-membered cyclic amide) rings is 1. The monoisotopic (exact) mass is 750 g/mol. The highest BCUT2D eigenvalue weighted by atomic mass is 35.5. The minimum atomic E-state index is -1.39. The number of oxime groups is 1. The van der Waals surface area contributed by atoms with Crippen molar-refractivity contribution in [2.24, 2.45) is 5.16 Å². The van der Waals surface area contributed by atoms with E-state index < -0.39 is 58.5 Å². The fourth-order valence-corrected chi connectivity index (χ4v) is 8.98. The predicted octanol–water partition coefficient (Wildman–Crippen LogP) is 0.858. The average molecular weight is 751 g/mol. The second-order valence-corrected chi connectivity index (χ2v) is 14.8. The van der Waals surface area contributed by atoms with Crippen molar-refractivity contribution in [1.82, 2.24) is 20.1 Å². The molecule has 0 aliphatic carbocycles. The number of aromatic hydroxyl groups is 2. The summed E-state index contributed by atoms with van der Waals surface area (Å²) >= 11 is 8.49. The molecule has 0 bridgehead atoms. The highest BCUT2D eigenvalue weighted by molar-refractivity contribution is 8.00. The third-order valence-electron chi connectivity index (χ3n) is 9.45. The Balaban J connectivity index is 1.18. The largest absolute Gasteiger partial charge is 0.504 e. The second kappa shape index (κ2) is 13.6. The third-order valence-corrected chi connectivity index (χ3v) is 11.8. The van der Waals surface area contributed by atoms with Crippen molar-refractivity contribution in [3.63, 3.8) is 0 Å². The van der Waals surface area contributed by atoms with Gasteiger partial charge in [0.1, 0.15) is 35.4 Å². The number of hydrogen-bond acceptors (Lipinski definition) is 13. The van der Waals surface area contributed by atoms with Crippen LogP contribution in [-0.2, 0) is 24.0 Å². The molecule has 0 radical (unpaired) electrons. The van der Waals surface area contributed by atoms with Gasteiger partial charge < -0.3 is 45.7 Å². The first-order chi connectivity index (χ1) is 23.7. The molecular weight excluding hydrogens is 718 g/mol. The number of quaternary nitrogens is 1. The first kappa shape index (κ1) is 35.2. The van der Waals surface area contributed by atoms with Gasteiger partial charge in [0.15, 0.2) is 22.3 Å². The second-order valence-electron chi connectivity index (χ2n) is 12.4. The van der Waals surface area contributed by atoms with Crippen LogP contribution in [0.5, 0.6) is 11.5 Å². The van der Waals surface area contributed by atoms with E-state index in [0.29, 0.717) is 36.2 Å². The SMILES string of the molecule is C[C@H](O/N=C(\C(=O)N[C@@H]1C(=O)N2C(C(=O)O)=C(C[N+]34CCC[C@@H]3CN(C(=O)c3ccc(O)c(O)c3Cl)CC4)CS[C@H]12)c1csc(N)n1)C(=O)O. The molecule has 0 saturated carbocycles. The molecule has 5 atom stereocenters. The smallest absolute Gasteiger partial charge is 0.352 e. The number of carboxylic acids is 2. The number of rotatable bonds is 10. The number of piperazine rings is 1. The van der Waals surface area contributed by atoms with E-state index in [9.17, 15) is 39.3 Å². The number of hydrogen-bond donors (Lipinski definition) is 6. The van der Waals surface area contributed by atoms with E-state index >= 15 is 0 Å². The van der Waals surface area contributed by atoms with Crippen LogP contribution in [0.15, 0.2) is 33.9 Å². The minimum absolute atomic E-state index is 0.00916. The Morgan fingerprint density at radius 3 is 2.68 bits per heavy atom. The van der Waals surface area contributed by atoms with Crippen molar-refractivity contribution in [1.29, 1.82) is 0 Å². The maximum absolute atomic E-state index is 13.5. The van der Waals surface area contributed by atoms with Crippen LogP contribution in [0.2, 0.25) is 5.02 Å². The molecule has 4 aliphatic rings. The number of phenolic OH excluding ortho intramolecular Hbond substituents is 2. The molecule has 7 N–H and O–H groups in total. The number of phenols is 2. The van der Waals surface area contributed by atoms with Gasteiger partial charge in [-0.15, -0.1) is 23.1 Å². The molecule has 266 valence electrons. The van der Waals surface area contributed by atoms with Crippen LogP contribution in [0.4, 0.5) is 5.13 Å². The zero-order chi connectivity index (χ0) is 36.1. The standard InChI is InChI=1S/C30H32ClN7O10S2/c1-13(28(44)45)48-35-20(17-12-50-30(32)33-17)24(41)34-21-26(43)37-22(29(46)47)14(11-49-27(21)37)10-38-7-2-3-15(38)9-36(6-8-38)25(42)16-4-5-18(39)23(40)19(16)31/h4-5,12-13,15,21,27H,2-3,6-11H2,1H3,(H6-,32,33,34,35,39,40,41,42,44,45,46,47)/p+1/t13-,15+,21+,27+,38?/m0/s1. The molecule has 4 aliphatic heterocycles. The number of nitrogens with two attached hydrogens (primary N) is 1. The maximum Gasteiger partial charge on any atom is 0.352 e. The van der Waals surface area contributed by atoms with Gasteiger partial charge in [-0.1, -0.05) is 16.8 Å². The normalized spacial score (nSPS) is 25.4. The molecule has 6 rings (SSSR count). The summed E-state index contributed by atoms with van der Waals surface area (Å²) in [6.07, 6.45) is 0.269. The Labute approximate surface area is 297 Å². The Morgan fingerprint density at radius 1 is 1.24 bits per heavy atom. The third kappa shape index (κ3) is 6.29. The summed E-state index contributed by atoms with van der Waals surface area (Å²) in [4.78, 5) is 75.9. The highest BCUT2D eigenvalue weighted by Crippen LogP contribution is 2.43. The molecule has 17 nitrogen and oxygen atoms in total. The summed E-state index contributed by atoms with van der Waals surface area (Å²) in [5.41, 5.74) is 5.83. The van der Waals surface area contributed by atoms with Crippen molar-refractivity contribution < 1.29 is 53.7 Å². The number of nitrogens with one attached hydrogen (secondary N) is 1. The van der Waals surface area contributed by atoms with E-state index in [0.717, 1.165) is 30.7 Å². The van der Waals surface area contributed by atoms with Gasteiger partial charge in [0.2, 0.25) is 6.10 Å². The lowest BCUT2D eigenvalue weighted by atomic mass is 10.0. The quantitative estimate of drug-likeness (QED) is 0.0650. The van der Waals surface area contributed by atoms with Crippen LogP contribution >= 0.6 is 34.7 Å². The Kier molecular flexibility index (Phi) is 9.59. The van der Waals surface area contributed by atoms with E-state index in [2.05, 4.69) is 15.5 Å². The molecule has 3 fully saturated rings. The van der Waals surface area contributed by atoms with E-state index in [-0.39, 0.29) is 44.8 Å². The summed E-state index contributed by atoms with van der Waals surface area (Å²) in [5.74, 6) is -5.21. The van der Waals surface area contributed by atoms with Crippen LogP contribution in [-0.4, -0.2) is 137 Å². The van der Waals surface area contributed by atoms with E-state index in [1.54, 1.807) is 4.90 Å². The molecule has 2 aromatic rings. The molecule has 50 heavy (non-hydrogen) atoms. The van der Waals surface area contributed by atoms with Gasteiger partial charge in [-0.25, -0.2) is 14.6 Å². The number of benzene rings is 1. The highest BCUT2D eigenvalue weighted by Gasteiger charge is 2.56. The number of anilines is 1. The van der Waals surface area contributed by atoms with Crippen LogP contribution in [0.3, 0.4) is 0 Å². The summed E-state index contributed by atoms with van der Waals surface area (Å²) in [7, 11) is 0. The number of nitrogens with zero attached hydrogens (tertiary/aromatic N) is 5. The van der Waals surface area contributed by atoms with Crippen molar-refractivity contribution in [3.05, 3.63) is 45.1 Å². The number of thiazole rings is 1. The van der Waals surface area contributed by atoms with E-state index in [4.69, 9.17) is 27.3 Å². The zero-order valence-electron chi connectivity index (χ0n) is 26.4.